The third kappa shape index (κ3) is 2.87. The molecule has 1 fully saturated rings. The van der Waals surface area contributed by atoms with Crippen molar-refractivity contribution in [1.82, 2.24) is 9.78 Å². The Labute approximate surface area is 113 Å². The molecule has 0 amide bonds. The average Bonchev–Trinajstić information content (AvgIpc) is 2.88. The number of hydrogen-bond acceptors (Lipinski definition) is 2. The molecule has 0 bridgehead atoms. The Kier molecular flexibility index (Phi) is 3.38. The van der Waals surface area contributed by atoms with Crippen LogP contribution in [0.15, 0.2) is 42.7 Å². The monoisotopic (exact) mass is 256 g/mol. The first-order valence-corrected chi connectivity index (χ1v) is 7.05. The zero-order valence-corrected chi connectivity index (χ0v) is 11.1. The van der Waals surface area contributed by atoms with Gasteiger partial charge in [0, 0.05) is 11.8 Å². The third-order valence-electron chi connectivity index (χ3n) is 3.98. The molecule has 0 saturated heterocycles. The maximum Gasteiger partial charge on any atom is 0.0842 e. The zero-order valence-electron chi connectivity index (χ0n) is 11.1. The largest absolute Gasteiger partial charge is 0.388 e. The lowest BCUT2D eigenvalue weighted by molar-refractivity contribution is -0.0142. The van der Waals surface area contributed by atoms with Crippen molar-refractivity contribution in [1.29, 1.82) is 0 Å². The smallest absolute Gasteiger partial charge is 0.0842 e. The van der Waals surface area contributed by atoms with Crippen molar-refractivity contribution in [2.45, 2.75) is 44.2 Å². The highest BCUT2D eigenvalue weighted by Gasteiger charge is 2.29. The number of rotatable bonds is 3. The maximum absolute atomic E-state index is 10.5. The Morgan fingerprint density at radius 2 is 1.79 bits per heavy atom. The van der Waals surface area contributed by atoms with Crippen LogP contribution in [0.4, 0.5) is 0 Å². The Hall–Kier alpha value is -1.61. The van der Waals surface area contributed by atoms with Crippen LogP contribution in [0.1, 0.15) is 32.1 Å². The lowest BCUT2D eigenvalue weighted by Gasteiger charge is -2.31. The summed E-state index contributed by atoms with van der Waals surface area (Å²) in [7, 11) is 0. The molecule has 100 valence electrons. The van der Waals surface area contributed by atoms with Gasteiger partial charge < -0.3 is 5.11 Å². The van der Waals surface area contributed by atoms with Gasteiger partial charge in [0.2, 0.25) is 0 Å². The molecule has 0 radical (unpaired) electrons. The molecule has 1 aliphatic rings. The van der Waals surface area contributed by atoms with Gasteiger partial charge in [-0.1, -0.05) is 49.6 Å². The predicted molar refractivity (Wildman–Crippen MR) is 75.7 cm³/mol. The van der Waals surface area contributed by atoms with E-state index in [2.05, 4.69) is 17.2 Å². The summed E-state index contributed by atoms with van der Waals surface area (Å²) in [6.45, 7) is 0.611. The molecule has 3 rings (SSSR count). The van der Waals surface area contributed by atoms with Gasteiger partial charge in [-0.05, 0) is 18.4 Å². The van der Waals surface area contributed by atoms with Crippen LogP contribution in [0.3, 0.4) is 0 Å². The lowest BCUT2D eigenvalue weighted by Crippen LogP contribution is -2.36. The van der Waals surface area contributed by atoms with E-state index in [4.69, 9.17) is 0 Å². The van der Waals surface area contributed by atoms with Crippen LogP contribution in [-0.4, -0.2) is 20.5 Å². The van der Waals surface area contributed by atoms with E-state index in [1.165, 1.54) is 12.0 Å². The summed E-state index contributed by atoms with van der Waals surface area (Å²) in [5, 5.41) is 14.9. The molecule has 0 atom stereocenters. The fourth-order valence-electron chi connectivity index (χ4n) is 2.90. The topological polar surface area (TPSA) is 38.0 Å². The molecular weight excluding hydrogens is 236 g/mol. The van der Waals surface area contributed by atoms with Gasteiger partial charge in [-0.3, -0.25) is 4.68 Å². The molecule has 19 heavy (non-hydrogen) atoms. The molecule has 0 aliphatic heterocycles. The second kappa shape index (κ2) is 5.17. The molecule has 0 spiro atoms. The quantitative estimate of drug-likeness (QED) is 0.915. The fourth-order valence-corrected chi connectivity index (χ4v) is 2.90. The van der Waals surface area contributed by atoms with Crippen molar-refractivity contribution in [3.8, 4) is 11.1 Å². The van der Waals surface area contributed by atoms with E-state index in [-0.39, 0.29) is 0 Å². The summed E-state index contributed by atoms with van der Waals surface area (Å²) in [6, 6.07) is 10.2. The third-order valence-corrected chi connectivity index (χ3v) is 3.98. The van der Waals surface area contributed by atoms with Crippen LogP contribution < -0.4 is 0 Å². The van der Waals surface area contributed by atoms with Gasteiger partial charge >= 0.3 is 0 Å². The molecule has 1 aromatic carbocycles. The van der Waals surface area contributed by atoms with E-state index in [1.54, 1.807) is 0 Å². The summed E-state index contributed by atoms with van der Waals surface area (Å²) in [5.74, 6) is 0. The van der Waals surface area contributed by atoms with E-state index < -0.39 is 5.60 Å². The first kappa shape index (κ1) is 12.4. The second-order valence-electron chi connectivity index (χ2n) is 5.58. The summed E-state index contributed by atoms with van der Waals surface area (Å²) in [4.78, 5) is 0. The highest BCUT2D eigenvalue weighted by atomic mass is 16.3. The summed E-state index contributed by atoms with van der Waals surface area (Å²) in [5.41, 5.74) is 1.72. The van der Waals surface area contributed by atoms with Gasteiger partial charge in [-0.25, -0.2) is 0 Å². The van der Waals surface area contributed by atoms with Crippen LogP contribution in [0, 0.1) is 0 Å². The van der Waals surface area contributed by atoms with Crippen molar-refractivity contribution in [3.05, 3.63) is 42.7 Å². The van der Waals surface area contributed by atoms with Gasteiger partial charge in [0.15, 0.2) is 0 Å². The maximum atomic E-state index is 10.5. The number of aromatic nitrogens is 2. The number of aliphatic hydroxyl groups is 1. The molecule has 1 N–H and O–H groups in total. The molecule has 3 nitrogen and oxygen atoms in total. The van der Waals surface area contributed by atoms with Gasteiger partial charge in [-0.2, -0.15) is 5.10 Å². The van der Waals surface area contributed by atoms with Crippen molar-refractivity contribution in [3.63, 3.8) is 0 Å². The van der Waals surface area contributed by atoms with Crippen LogP contribution in [0.2, 0.25) is 0 Å². The molecular formula is C16H20N2O. The first-order chi connectivity index (χ1) is 9.25. The molecule has 0 unspecified atom stereocenters. The average molecular weight is 256 g/mol. The van der Waals surface area contributed by atoms with Crippen LogP contribution in [-0.2, 0) is 6.54 Å². The summed E-state index contributed by atoms with van der Waals surface area (Å²) < 4.78 is 1.88. The summed E-state index contributed by atoms with van der Waals surface area (Å²) >= 11 is 0. The van der Waals surface area contributed by atoms with Crippen molar-refractivity contribution in [2.24, 2.45) is 0 Å². The molecule has 1 heterocycles. The second-order valence-corrected chi connectivity index (χ2v) is 5.58. The van der Waals surface area contributed by atoms with Crippen LogP contribution in [0.25, 0.3) is 11.1 Å². The van der Waals surface area contributed by atoms with Crippen molar-refractivity contribution in [2.75, 3.05) is 0 Å². The minimum Gasteiger partial charge on any atom is -0.388 e. The number of nitrogens with zero attached hydrogens (tertiary/aromatic N) is 2. The number of hydrogen-bond donors (Lipinski definition) is 1. The summed E-state index contributed by atoms with van der Waals surface area (Å²) in [6.07, 6.45) is 9.20. The Morgan fingerprint density at radius 3 is 2.53 bits per heavy atom. The van der Waals surface area contributed by atoms with E-state index in [9.17, 15) is 5.11 Å². The minimum atomic E-state index is -0.557. The fraction of sp³-hybridized carbons (Fsp3) is 0.438. The predicted octanol–water partition coefficient (Wildman–Crippen LogP) is 3.25. The Balaban J connectivity index is 1.75. The lowest BCUT2D eigenvalue weighted by atomic mass is 9.85. The molecule has 2 aromatic rings. The Morgan fingerprint density at radius 1 is 1.05 bits per heavy atom. The zero-order chi connectivity index (χ0) is 13.1. The van der Waals surface area contributed by atoms with E-state index >= 15 is 0 Å². The minimum absolute atomic E-state index is 0.557. The normalized spacial score (nSPS) is 18.4. The van der Waals surface area contributed by atoms with Gasteiger partial charge in [-0.15, -0.1) is 0 Å². The van der Waals surface area contributed by atoms with Crippen molar-refractivity contribution < 1.29 is 5.11 Å². The first-order valence-electron chi connectivity index (χ1n) is 7.05. The molecule has 1 aromatic heterocycles. The van der Waals surface area contributed by atoms with Crippen LogP contribution >= 0.6 is 0 Å². The van der Waals surface area contributed by atoms with Gasteiger partial charge in [0.1, 0.15) is 0 Å². The highest BCUT2D eigenvalue weighted by Crippen LogP contribution is 2.29. The molecule has 3 heteroatoms. The van der Waals surface area contributed by atoms with E-state index in [1.807, 2.05) is 35.3 Å². The van der Waals surface area contributed by atoms with Crippen molar-refractivity contribution >= 4 is 0 Å². The SMILES string of the molecule is OC1(Cn2cc(-c3ccccc3)cn2)CCCCC1. The van der Waals surface area contributed by atoms with Crippen LogP contribution in [0.5, 0.6) is 0 Å². The standard InChI is InChI=1S/C16H20N2O/c19-16(9-5-2-6-10-16)13-18-12-15(11-17-18)14-7-3-1-4-8-14/h1,3-4,7-8,11-12,19H,2,5-6,9-10,13H2. The number of benzene rings is 1. The van der Waals surface area contributed by atoms with E-state index in [0.29, 0.717) is 6.54 Å². The molecule has 1 aliphatic carbocycles. The van der Waals surface area contributed by atoms with Gasteiger partial charge in [0.25, 0.3) is 0 Å². The molecule has 1 saturated carbocycles. The van der Waals surface area contributed by atoms with E-state index in [0.717, 1.165) is 31.2 Å². The Bertz CT molecular complexity index is 527. The van der Waals surface area contributed by atoms with Gasteiger partial charge in [0.05, 0.1) is 18.3 Å². The highest BCUT2D eigenvalue weighted by molar-refractivity contribution is 5.61.